The van der Waals surface area contributed by atoms with Crippen LogP contribution in [0.2, 0.25) is 0 Å². The molecule has 0 aliphatic carbocycles. The summed E-state index contributed by atoms with van der Waals surface area (Å²) in [5, 5.41) is 5.83. The Kier molecular flexibility index (Phi) is 5.76. The maximum Gasteiger partial charge on any atom is 0.319 e. The van der Waals surface area contributed by atoms with E-state index < -0.39 is 0 Å². The molecule has 31 heavy (non-hydrogen) atoms. The summed E-state index contributed by atoms with van der Waals surface area (Å²) in [5.74, 6) is 0.0141. The number of carbonyl (C=O) groups excluding carboxylic acids is 2. The Hall–Kier alpha value is -3.60. The van der Waals surface area contributed by atoms with Crippen molar-refractivity contribution in [3.05, 3.63) is 94.0 Å². The van der Waals surface area contributed by atoms with Gasteiger partial charge in [-0.05, 0) is 73.7 Å². The Morgan fingerprint density at radius 1 is 0.968 bits per heavy atom. The molecule has 0 saturated heterocycles. The number of nitrogens with zero attached hydrogens (tertiary/aromatic N) is 1. The van der Waals surface area contributed by atoms with Crippen LogP contribution >= 0.6 is 0 Å². The number of rotatable bonds is 4. The molecule has 1 aliphatic heterocycles. The van der Waals surface area contributed by atoms with E-state index in [4.69, 9.17) is 0 Å². The highest BCUT2D eigenvalue weighted by Gasteiger charge is 2.26. The van der Waals surface area contributed by atoms with Crippen molar-refractivity contribution in [3.63, 3.8) is 0 Å². The number of anilines is 2. The smallest absolute Gasteiger partial charge is 0.319 e. The fraction of sp³-hybridized carbons (Fsp3) is 0.231. The Bertz CT molecular complexity index is 1150. The summed E-state index contributed by atoms with van der Waals surface area (Å²) in [6, 6.07) is 19.3. The lowest BCUT2D eigenvalue weighted by Crippen LogP contribution is -2.30. The van der Waals surface area contributed by atoms with Crippen molar-refractivity contribution in [1.29, 1.82) is 0 Å². The second-order valence-corrected chi connectivity index (χ2v) is 8.09. The Balaban J connectivity index is 1.44. The van der Waals surface area contributed by atoms with Crippen molar-refractivity contribution >= 4 is 23.3 Å². The van der Waals surface area contributed by atoms with E-state index in [1.165, 1.54) is 0 Å². The molecule has 0 bridgehead atoms. The van der Waals surface area contributed by atoms with Crippen molar-refractivity contribution in [2.24, 2.45) is 0 Å². The molecule has 3 amide bonds. The average Bonchev–Trinajstić information content (AvgIpc) is 3.18. The molecule has 158 valence electrons. The molecular weight excluding hydrogens is 386 g/mol. The predicted octanol–water partition coefficient (Wildman–Crippen LogP) is 5.14. The molecule has 3 aromatic carbocycles. The summed E-state index contributed by atoms with van der Waals surface area (Å²) >= 11 is 0. The minimum Gasteiger partial charge on any atom is -0.334 e. The highest BCUT2D eigenvalue weighted by atomic mass is 16.2. The Morgan fingerprint density at radius 2 is 1.77 bits per heavy atom. The van der Waals surface area contributed by atoms with Gasteiger partial charge in [0.05, 0.1) is 0 Å². The molecule has 1 heterocycles. The van der Waals surface area contributed by atoms with E-state index in [2.05, 4.69) is 16.7 Å². The zero-order chi connectivity index (χ0) is 22.0. The third-order valence-corrected chi connectivity index (χ3v) is 5.86. The van der Waals surface area contributed by atoms with Crippen LogP contribution in [0, 0.1) is 20.8 Å². The van der Waals surface area contributed by atoms with Gasteiger partial charge in [0, 0.05) is 30.0 Å². The quantitative estimate of drug-likeness (QED) is 0.622. The molecule has 0 unspecified atom stereocenters. The highest BCUT2D eigenvalue weighted by Crippen LogP contribution is 2.30. The van der Waals surface area contributed by atoms with Gasteiger partial charge in [-0.25, -0.2) is 4.79 Å². The summed E-state index contributed by atoms with van der Waals surface area (Å²) in [5.41, 5.74) is 7.81. The van der Waals surface area contributed by atoms with Gasteiger partial charge in [-0.1, -0.05) is 42.0 Å². The molecular formula is C26H27N3O2. The fourth-order valence-electron chi connectivity index (χ4n) is 3.91. The number of amides is 3. The van der Waals surface area contributed by atoms with E-state index in [-0.39, 0.29) is 11.9 Å². The average molecular weight is 414 g/mol. The predicted molar refractivity (Wildman–Crippen MR) is 125 cm³/mol. The van der Waals surface area contributed by atoms with Crippen molar-refractivity contribution in [2.45, 2.75) is 33.7 Å². The number of hydrogen-bond donors (Lipinski definition) is 2. The van der Waals surface area contributed by atoms with Gasteiger partial charge in [-0.15, -0.1) is 0 Å². The molecule has 0 radical (unpaired) electrons. The zero-order valence-corrected chi connectivity index (χ0v) is 18.2. The number of hydrogen-bond acceptors (Lipinski definition) is 2. The Labute approximate surface area is 183 Å². The maximum atomic E-state index is 13.0. The summed E-state index contributed by atoms with van der Waals surface area (Å²) in [6.45, 7) is 7.06. The molecule has 0 spiro atoms. The van der Waals surface area contributed by atoms with E-state index in [1.54, 1.807) is 0 Å². The van der Waals surface area contributed by atoms with Gasteiger partial charge < -0.3 is 15.5 Å². The monoisotopic (exact) mass is 413 g/mol. The van der Waals surface area contributed by atoms with E-state index >= 15 is 0 Å². The van der Waals surface area contributed by atoms with Crippen LogP contribution in [-0.4, -0.2) is 18.5 Å². The molecule has 4 rings (SSSR count). The first-order valence-electron chi connectivity index (χ1n) is 10.5. The van der Waals surface area contributed by atoms with Gasteiger partial charge in [-0.3, -0.25) is 4.79 Å². The topological polar surface area (TPSA) is 61.4 Å². The molecule has 0 atom stereocenters. The summed E-state index contributed by atoms with van der Waals surface area (Å²) in [7, 11) is 0. The summed E-state index contributed by atoms with van der Waals surface area (Å²) < 4.78 is 0. The molecule has 3 aromatic rings. The van der Waals surface area contributed by atoms with Gasteiger partial charge in [0.15, 0.2) is 0 Å². The second kappa shape index (κ2) is 8.64. The van der Waals surface area contributed by atoms with E-state index in [0.29, 0.717) is 18.7 Å². The second-order valence-electron chi connectivity index (χ2n) is 8.09. The number of nitrogens with one attached hydrogen (secondary N) is 2. The lowest BCUT2D eigenvalue weighted by Gasteiger charge is -2.18. The third-order valence-electron chi connectivity index (χ3n) is 5.86. The lowest BCUT2D eigenvalue weighted by molar-refractivity contribution is 0.0989. The normalized spacial score (nSPS) is 12.4. The third kappa shape index (κ3) is 4.45. The van der Waals surface area contributed by atoms with Crippen LogP contribution in [0.4, 0.5) is 16.2 Å². The van der Waals surface area contributed by atoms with Crippen molar-refractivity contribution < 1.29 is 9.59 Å². The van der Waals surface area contributed by atoms with Gasteiger partial charge in [0.25, 0.3) is 5.91 Å². The minimum absolute atomic E-state index is 0.0141. The fourth-order valence-corrected chi connectivity index (χ4v) is 3.91. The first-order valence-corrected chi connectivity index (χ1v) is 10.5. The molecule has 0 saturated carbocycles. The number of urea groups is 1. The molecule has 2 N–H and O–H groups in total. The molecule has 0 fully saturated rings. The number of benzene rings is 3. The standard InChI is InChI=1S/C26H27N3O2/c1-17-6-4-8-22(14-17)25(30)29-13-12-21-11-10-20(15-24(21)29)16-27-26(31)28-23-9-5-7-18(2)19(23)3/h4-11,14-15H,12-13,16H2,1-3H3,(H2,27,28,31). The number of fused-ring (bicyclic) bond motifs is 1. The maximum absolute atomic E-state index is 13.0. The van der Waals surface area contributed by atoms with E-state index in [9.17, 15) is 9.59 Å². The van der Waals surface area contributed by atoms with Crippen LogP contribution in [0.1, 0.15) is 38.2 Å². The van der Waals surface area contributed by atoms with Gasteiger partial charge in [0.2, 0.25) is 0 Å². The van der Waals surface area contributed by atoms with E-state index in [1.807, 2.05) is 80.3 Å². The van der Waals surface area contributed by atoms with Crippen LogP contribution in [0.15, 0.2) is 60.7 Å². The minimum atomic E-state index is -0.248. The van der Waals surface area contributed by atoms with Gasteiger partial charge in [0.1, 0.15) is 0 Å². The van der Waals surface area contributed by atoms with Gasteiger partial charge in [-0.2, -0.15) is 0 Å². The number of carbonyl (C=O) groups is 2. The zero-order valence-electron chi connectivity index (χ0n) is 18.2. The SMILES string of the molecule is Cc1cccc(C(=O)N2CCc3ccc(CNC(=O)Nc4cccc(C)c4C)cc32)c1. The highest BCUT2D eigenvalue weighted by molar-refractivity contribution is 6.07. The Morgan fingerprint density at radius 3 is 2.58 bits per heavy atom. The molecule has 1 aliphatic rings. The molecule has 5 heteroatoms. The summed E-state index contributed by atoms with van der Waals surface area (Å²) in [4.78, 5) is 27.3. The van der Waals surface area contributed by atoms with Crippen LogP contribution in [0.5, 0.6) is 0 Å². The van der Waals surface area contributed by atoms with Crippen LogP contribution in [0.3, 0.4) is 0 Å². The first-order chi connectivity index (χ1) is 14.9. The molecule has 0 aromatic heterocycles. The number of aryl methyl sites for hydroxylation is 2. The molecule has 5 nitrogen and oxygen atoms in total. The van der Waals surface area contributed by atoms with Crippen LogP contribution in [-0.2, 0) is 13.0 Å². The van der Waals surface area contributed by atoms with Gasteiger partial charge >= 0.3 is 6.03 Å². The van der Waals surface area contributed by atoms with Crippen molar-refractivity contribution in [1.82, 2.24) is 5.32 Å². The summed E-state index contributed by atoms with van der Waals surface area (Å²) in [6.07, 6.45) is 0.841. The lowest BCUT2D eigenvalue weighted by atomic mass is 10.1. The van der Waals surface area contributed by atoms with Crippen molar-refractivity contribution in [2.75, 3.05) is 16.8 Å². The first kappa shape index (κ1) is 20.7. The van der Waals surface area contributed by atoms with Crippen LogP contribution < -0.4 is 15.5 Å². The van der Waals surface area contributed by atoms with Crippen LogP contribution in [0.25, 0.3) is 0 Å². The van der Waals surface area contributed by atoms with E-state index in [0.717, 1.165) is 45.6 Å². The van der Waals surface area contributed by atoms with Crippen molar-refractivity contribution in [3.8, 4) is 0 Å². The largest absolute Gasteiger partial charge is 0.334 e.